The Labute approximate surface area is 169 Å². The molecule has 9 nitrogen and oxygen atoms in total. The van der Waals surface area contributed by atoms with E-state index in [0.717, 1.165) is 11.9 Å². The number of aromatic nitrogens is 5. The number of hydrogen-bond acceptors (Lipinski definition) is 8. The Hall–Kier alpha value is -2.53. The first kappa shape index (κ1) is 17.9. The van der Waals surface area contributed by atoms with E-state index < -0.39 is 10.6 Å². The summed E-state index contributed by atoms with van der Waals surface area (Å²) in [6, 6.07) is 5.12. The van der Waals surface area contributed by atoms with Gasteiger partial charge in [-0.25, -0.2) is 14.5 Å². The number of anilines is 2. The first-order valence-electron chi connectivity index (χ1n) is 7.15. The lowest BCUT2D eigenvalue weighted by Gasteiger charge is -2.03. The Morgan fingerprint density at radius 3 is 2.78 bits per heavy atom. The highest BCUT2D eigenvalue weighted by molar-refractivity contribution is 7.15. The van der Waals surface area contributed by atoms with E-state index in [1.807, 2.05) is 5.38 Å². The number of halogens is 3. The van der Waals surface area contributed by atoms with E-state index in [1.165, 1.54) is 11.3 Å². The molecule has 4 aromatic rings. The number of nitro groups is 1. The van der Waals surface area contributed by atoms with Gasteiger partial charge in [0.15, 0.2) is 0 Å². The van der Waals surface area contributed by atoms with Crippen molar-refractivity contribution in [1.82, 2.24) is 24.6 Å². The molecule has 136 valence electrons. The van der Waals surface area contributed by atoms with Gasteiger partial charge in [-0.2, -0.15) is 4.98 Å². The zero-order valence-corrected chi connectivity index (χ0v) is 16.0. The first-order chi connectivity index (χ1) is 12.9. The van der Waals surface area contributed by atoms with Crippen LogP contribution in [0, 0.1) is 10.1 Å². The van der Waals surface area contributed by atoms with Crippen molar-refractivity contribution >= 4 is 68.6 Å². The van der Waals surface area contributed by atoms with Crippen LogP contribution in [0.25, 0.3) is 16.2 Å². The van der Waals surface area contributed by atoms with Gasteiger partial charge in [-0.3, -0.25) is 10.1 Å². The van der Waals surface area contributed by atoms with Gasteiger partial charge in [0.05, 0.1) is 15.6 Å². The maximum atomic E-state index is 11.2. The van der Waals surface area contributed by atoms with Gasteiger partial charge >= 0.3 is 5.69 Å². The standard InChI is InChI=1S/C14H6Cl3N7O2S/c15-6-1-2-7(8(16)3-6)9-4-27-14-21-13(22-23(9)14)20-12-10(24(25)26)11(17)18-5-19-12/h1-5H,(H,18,19,20,22). The molecule has 0 aliphatic heterocycles. The Kier molecular flexibility index (Phi) is 4.56. The summed E-state index contributed by atoms with van der Waals surface area (Å²) in [7, 11) is 0. The van der Waals surface area contributed by atoms with Crippen molar-refractivity contribution in [3.63, 3.8) is 0 Å². The quantitative estimate of drug-likeness (QED) is 0.273. The molecular weight excluding hydrogens is 437 g/mol. The number of fused-ring (bicyclic) bond motifs is 1. The molecule has 3 heterocycles. The molecule has 0 saturated heterocycles. The van der Waals surface area contributed by atoms with Gasteiger partial charge in [-0.1, -0.05) is 34.8 Å². The highest BCUT2D eigenvalue weighted by Gasteiger charge is 2.23. The third kappa shape index (κ3) is 3.28. The maximum Gasteiger partial charge on any atom is 0.348 e. The van der Waals surface area contributed by atoms with Crippen molar-refractivity contribution < 1.29 is 4.92 Å². The highest BCUT2D eigenvalue weighted by atomic mass is 35.5. The molecule has 1 aromatic carbocycles. The number of rotatable bonds is 4. The summed E-state index contributed by atoms with van der Waals surface area (Å²) < 4.78 is 1.57. The molecule has 0 spiro atoms. The maximum absolute atomic E-state index is 11.2. The van der Waals surface area contributed by atoms with Crippen molar-refractivity contribution in [2.45, 2.75) is 0 Å². The minimum atomic E-state index is -0.679. The number of hydrogen-bond donors (Lipinski definition) is 1. The lowest BCUT2D eigenvalue weighted by atomic mass is 10.2. The minimum absolute atomic E-state index is 0.107. The molecule has 0 atom stereocenters. The van der Waals surface area contributed by atoms with E-state index in [2.05, 4.69) is 25.4 Å². The molecule has 27 heavy (non-hydrogen) atoms. The van der Waals surface area contributed by atoms with Crippen LogP contribution in [-0.2, 0) is 0 Å². The van der Waals surface area contributed by atoms with Crippen LogP contribution in [0.2, 0.25) is 15.2 Å². The fourth-order valence-corrected chi connectivity index (χ4v) is 3.86. The van der Waals surface area contributed by atoms with Crippen molar-refractivity contribution in [1.29, 1.82) is 0 Å². The number of thiazole rings is 1. The van der Waals surface area contributed by atoms with Gasteiger partial charge in [-0.15, -0.1) is 16.4 Å². The van der Waals surface area contributed by atoms with Crippen molar-refractivity contribution in [2.24, 2.45) is 0 Å². The lowest BCUT2D eigenvalue weighted by Crippen LogP contribution is -2.03. The van der Waals surface area contributed by atoms with Crippen LogP contribution < -0.4 is 5.32 Å². The second kappa shape index (κ2) is 6.89. The molecule has 0 fully saturated rings. The normalized spacial score (nSPS) is 11.1. The molecule has 0 unspecified atom stereocenters. The second-order valence-electron chi connectivity index (χ2n) is 5.12. The zero-order valence-electron chi connectivity index (χ0n) is 12.9. The van der Waals surface area contributed by atoms with Crippen LogP contribution >= 0.6 is 46.1 Å². The fraction of sp³-hybridized carbons (Fsp3) is 0. The minimum Gasteiger partial charge on any atom is -0.301 e. The summed E-state index contributed by atoms with van der Waals surface area (Å²) in [6.45, 7) is 0. The van der Waals surface area contributed by atoms with E-state index in [4.69, 9.17) is 34.8 Å². The van der Waals surface area contributed by atoms with Crippen LogP contribution in [-0.4, -0.2) is 29.5 Å². The topological polar surface area (TPSA) is 111 Å². The molecule has 1 N–H and O–H groups in total. The molecule has 0 saturated carbocycles. The predicted octanol–water partition coefficient (Wildman–Crippen LogP) is 4.86. The summed E-state index contributed by atoms with van der Waals surface area (Å²) in [5.74, 6) is 0.00961. The van der Waals surface area contributed by atoms with Crippen molar-refractivity contribution in [3.8, 4) is 11.3 Å². The molecule has 0 bridgehead atoms. The van der Waals surface area contributed by atoms with Gasteiger partial charge in [0.2, 0.25) is 21.9 Å². The predicted molar refractivity (Wildman–Crippen MR) is 103 cm³/mol. The fourth-order valence-electron chi connectivity index (χ4n) is 2.33. The molecule has 4 rings (SSSR count). The zero-order chi connectivity index (χ0) is 19.1. The van der Waals surface area contributed by atoms with Gasteiger partial charge in [0.1, 0.15) is 6.33 Å². The van der Waals surface area contributed by atoms with Crippen LogP contribution in [0.15, 0.2) is 29.9 Å². The van der Waals surface area contributed by atoms with Gasteiger partial charge < -0.3 is 5.32 Å². The second-order valence-corrected chi connectivity index (χ2v) is 7.16. The molecule has 13 heteroatoms. The Balaban J connectivity index is 1.75. The van der Waals surface area contributed by atoms with Crippen LogP contribution in [0.1, 0.15) is 0 Å². The Bertz CT molecular complexity index is 1190. The van der Waals surface area contributed by atoms with Gasteiger partial charge in [0.25, 0.3) is 0 Å². The van der Waals surface area contributed by atoms with Gasteiger partial charge in [0, 0.05) is 16.0 Å². The van der Waals surface area contributed by atoms with E-state index in [-0.39, 0.29) is 16.9 Å². The third-order valence-electron chi connectivity index (χ3n) is 3.48. The van der Waals surface area contributed by atoms with Crippen LogP contribution in [0.5, 0.6) is 0 Å². The van der Waals surface area contributed by atoms with Crippen molar-refractivity contribution in [3.05, 3.63) is 55.2 Å². The Morgan fingerprint density at radius 1 is 1.22 bits per heavy atom. The average molecular weight is 443 g/mol. The van der Waals surface area contributed by atoms with E-state index >= 15 is 0 Å². The summed E-state index contributed by atoms with van der Waals surface area (Å²) in [4.78, 5) is 22.8. The van der Waals surface area contributed by atoms with E-state index in [0.29, 0.717) is 20.7 Å². The van der Waals surface area contributed by atoms with Crippen LogP contribution in [0.4, 0.5) is 17.5 Å². The molecule has 0 aliphatic rings. The van der Waals surface area contributed by atoms with E-state index in [9.17, 15) is 10.1 Å². The van der Waals surface area contributed by atoms with Crippen molar-refractivity contribution in [2.75, 3.05) is 5.32 Å². The number of benzene rings is 1. The van der Waals surface area contributed by atoms with E-state index in [1.54, 1.807) is 22.7 Å². The number of nitrogens with zero attached hydrogens (tertiary/aromatic N) is 6. The molecule has 0 amide bonds. The summed E-state index contributed by atoms with van der Waals surface area (Å²) in [5.41, 5.74) is 0.963. The smallest absolute Gasteiger partial charge is 0.301 e. The highest BCUT2D eigenvalue weighted by Crippen LogP contribution is 2.34. The lowest BCUT2D eigenvalue weighted by molar-refractivity contribution is -0.384. The number of nitrogens with one attached hydrogen (secondary N) is 1. The summed E-state index contributed by atoms with van der Waals surface area (Å²) >= 11 is 19.3. The van der Waals surface area contributed by atoms with Crippen LogP contribution in [0.3, 0.4) is 0 Å². The molecular formula is C14H6Cl3N7O2S. The first-order valence-corrected chi connectivity index (χ1v) is 9.17. The monoisotopic (exact) mass is 441 g/mol. The third-order valence-corrected chi connectivity index (χ3v) is 5.12. The average Bonchev–Trinajstić information content (AvgIpc) is 3.15. The Morgan fingerprint density at radius 2 is 2.04 bits per heavy atom. The largest absolute Gasteiger partial charge is 0.348 e. The summed E-state index contributed by atoms with van der Waals surface area (Å²) in [5, 5.41) is 20.8. The summed E-state index contributed by atoms with van der Waals surface area (Å²) in [6.07, 6.45) is 1.11. The molecule has 0 radical (unpaired) electrons. The molecule has 3 aromatic heterocycles. The molecule has 0 aliphatic carbocycles. The SMILES string of the molecule is O=[N+]([O-])c1c(Cl)ncnc1Nc1nc2scc(-c3ccc(Cl)cc3Cl)n2n1. The van der Waals surface area contributed by atoms with Gasteiger partial charge in [-0.05, 0) is 18.2 Å².